The Bertz CT molecular complexity index is 1930. The highest BCUT2D eigenvalue weighted by Gasteiger charge is 2.33. The molecule has 0 aliphatic carbocycles. The number of ether oxygens (including phenoxy) is 2. The standard InChI is InChI=1S/2C13H8BrF4NO4S/c2*1-23-7-3-2-5(4-6(7)20)19-24(21,22)13-8(14)9(15)10(16)11(17)12(13)18/h2*2-4,19-20H,1H3. The zero-order valence-corrected chi connectivity index (χ0v) is 28.2. The summed E-state index contributed by atoms with van der Waals surface area (Å²) in [5, 5.41) is 19.2. The molecule has 4 aromatic rings. The summed E-state index contributed by atoms with van der Waals surface area (Å²) in [6.45, 7) is 0. The number of phenols is 2. The summed E-state index contributed by atoms with van der Waals surface area (Å²) >= 11 is 4.78. The largest absolute Gasteiger partial charge is 0.504 e. The monoisotopic (exact) mass is 858 g/mol. The smallest absolute Gasteiger partial charge is 0.266 e. The number of hydrogen-bond acceptors (Lipinski definition) is 8. The molecule has 0 unspecified atom stereocenters. The lowest BCUT2D eigenvalue weighted by Gasteiger charge is -2.13. The minimum absolute atomic E-state index is 0.0316. The summed E-state index contributed by atoms with van der Waals surface area (Å²) in [5.74, 6) is -17.6. The van der Waals surface area contributed by atoms with E-state index in [9.17, 15) is 62.2 Å². The van der Waals surface area contributed by atoms with E-state index in [1.165, 1.54) is 26.4 Å². The summed E-state index contributed by atoms with van der Waals surface area (Å²) in [6.07, 6.45) is 0. The number of hydrogen-bond donors (Lipinski definition) is 4. The molecule has 0 atom stereocenters. The van der Waals surface area contributed by atoms with Crippen molar-refractivity contribution in [1.82, 2.24) is 0 Å². The molecule has 0 aliphatic rings. The van der Waals surface area contributed by atoms with Gasteiger partial charge in [0.2, 0.25) is 0 Å². The summed E-state index contributed by atoms with van der Waals surface area (Å²) < 4.78 is 167. The van der Waals surface area contributed by atoms with Crippen LogP contribution in [0, 0.1) is 46.5 Å². The van der Waals surface area contributed by atoms with E-state index in [0.29, 0.717) is 0 Å². The lowest BCUT2D eigenvalue weighted by Crippen LogP contribution is -2.18. The molecule has 10 nitrogen and oxygen atoms in total. The highest BCUT2D eigenvalue weighted by molar-refractivity contribution is 9.10. The topological polar surface area (TPSA) is 151 Å². The minimum atomic E-state index is -4.84. The first-order chi connectivity index (χ1) is 22.2. The number of methoxy groups -OCH3 is 2. The van der Waals surface area contributed by atoms with Gasteiger partial charge < -0.3 is 19.7 Å². The predicted octanol–water partition coefficient (Wildman–Crippen LogP) is 7.04. The molecule has 0 heterocycles. The van der Waals surface area contributed by atoms with Gasteiger partial charge in [0.25, 0.3) is 20.0 Å². The van der Waals surface area contributed by atoms with Crippen molar-refractivity contribution in [3.05, 3.63) is 91.9 Å². The van der Waals surface area contributed by atoms with Crippen molar-refractivity contribution in [3.63, 3.8) is 0 Å². The number of benzene rings is 4. The Kier molecular flexibility index (Phi) is 11.7. The van der Waals surface area contributed by atoms with Crippen LogP contribution >= 0.6 is 31.9 Å². The van der Waals surface area contributed by atoms with E-state index in [1.54, 1.807) is 0 Å². The van der Waals surface area contributed by atoms with Crippen LogP contribution in [0.25, 0.3) is 0 Å². The highest BCUT2D eigenvalue weighted by atomic mass is 79.9. The van der Waals surface area contributed by atoms with Gasteiger partial charge in [-0.15, -0.1) is 0 Å². The van der Waals surface area contributed by atoms with E-state index in [0.717, 1.165) is 24.3 Å². The van der Waals surface area contributed by atoms with Crippen molar-refractivity contribution in [3.8, 4) is 23.0 Å². The van der Waals surface area contributed by atoms with Gasteiger partial charge in [-0.25, -0.2) is 52.0 Å². The number of halogens is 10. The average Bonchev–Trinajstić information content (AvgIpc) is 3.01. The first-order valence-electron chi connectivity index (χ1n) is 12.0. The lowest BCUT2D eigenvalue weighted by molar-refractivity contribution is 0.373. The van der Waals surface area contributed by atoms with Crippen molar-refractivity contribution in [2.75, 3.05) is 23.7 Å². The zero-order chi connectivity index (χ0) is 36.5. The number of aromatic hydroxyl groups is 2. The molecule has 0 bridgehead atoms. The first kappa shape index (κ1) is 38.4. The van der Waals surface area contributed by atoms with Gasteiger partial charge in [0.05, 0.1) is 34.5 Å². The van der Waals surface area contributed by atoms with Crippen LogP contribution in [0.2, 0.25) is 0 Å². The van der Waals surface area contributed by atoms with Gasteiger partial charge in [0.15, 0.2) is 69.5 Å². The normalized spacial score (nSPS) is 11.4. The van der Waals surface area contributed by atoms with Gasteiger partial charge in [0, 0.05) is 12.1 Å². The minimum Gasteiger partial charge on any atom is -0.504 e. The quantitative estimate of drug-likeness (QED) is 0.0838. The van der Waals surface area contributed by atoms with Gasteiger partial charge in [-0.05, 0) is 56.1 Å². The number of nitrogens with one attached hydrogen (secondary N) is 2. The van der Waals surface area contributed by atoms with Crippen LogP contribution in [0.4, 0.5) is 46.5 Å². The summed E-state index contributed by atoms with van der Waals surface area (Å²) in [5.41, 5.74) is -0.491. The van der Waals surface area contributed by atoms with Crippen LogP contribution < -0.4 is 18.9 Å². The molecule has 4 N–H and O–H groups in total. The van der Waals surface area contributed by atoms with Crippen molar-refractivity contribution in [2.45, 2.75) is 9.79 Å². The maximum absolute atomic E-state index is 13.8. The Labute approximate surface area is 282 Å². The molecule has 48 heavy (non-hydrogen) atoms. The van der Waals surface area contributed by atoms with Gasteiger partial charge in [-0.2, -0.15) is 0 Å². The molecule has 0 saturated carbocycles. The van der Waals surface area contributed by atoms with E-state index < -0.39 is 96.8 Å². The predicted molar refractivity (Wildman–Crippen MR) is 159 cm³/mol. The number of anilines is 2. The van der Waals surface area contributed by atoms with Crippen LogP contribution in [0.3, 0.4) is 0 Å². The Balaban J connectivity index is 0.000000260. The highest BCUT2D eigenvalue weighted by Crippen LogP contribution is 2.36. The molecule has 0 aromatic heterocycles. The lowest BCUT2D eigenvalue weighted by atomic mass is 10.3. The molecular weight excluding hydrogens is 844 g/mol. The molecule has 0 amide bonds. The van der Waals surface area contributed by atoms with E-state index in [4.69, 9.17) is 9.47 Å². The maximum Gasteiger partial charge on any atom is 0.266 e. The van der Waals surface area contributed by atoms with E-state index in [-0.39, 0.29) is 22.9 Å². The summed E-state index contributed by atoms with van der Waals surface area (Å²) in [4.78, 5) is -2.90. The fourth-order valence-corrected chi connectivity index (χ4v) is 7.92. The van der Waals surface area contributed by atoms with Crippen LogP contribution in [-0.2, 0) is 20.0 Å². The fraction of sp³-hybridized carbons (Fsp3) is 0.0769. The van der Waals surface area contributed by atoms with Gasteiger partial charge in [-0.3, -0.25) is 9.44 Å². The molecule has 0 aliphatic heterocycles. The number of phenolic OH excluding ortho intramolecular Hbond substituents is 2. The van der Waals surface area contributed by atoms with Crippen LogP contribution in [0.5, 0.6) is 23.0 Å². The van der Waals surface area contributed by atoms with Crippen molar-refractivity contribution in [2.24, 2.45) is 0 Å². The van der Waals surface area contributed by atoms with Crippen LogP contribution in [-0.4, -0.2) is 41.3 Å². The second-order valence-corrected chi connectivity index (χ2v) is 13.6. The Hall–Kier alpha value is -4.02. The molecule has 4 aromatic carbocycles. The summed E-state index contributed by atoms with van der Waals surface area (Å²) in [7, 11) is -7.17. The van der Waals surface area contributed by atoms with Gasteiger partial charge in [0.1, 0.15) is 9.79 Å². The molecule has 0 spiro atoms. The molecular formula is C26H16Br2F8N2O8S2. The summed E-state index contributed by atoms with van der Waals surface area (Å²) in [6, 6.07) is 6.56. The van der Waals surface area contributed by atoms with Gasteiger partial charge >= 0.3 is 0 Å². The maximum atomic E-state index is 13.8. The second kappa shape index (κ2) is 14.6. The first-order valence-corrected chi connectivity index (χ1v) is 16.6. The Morgan fingerprint density at radius 2 is 0.833 bits per heavy atom. The molecule has 260 valence electrons. The number of sulfonamides is 2. The van der Waals surface area contributed by atoms with Crippen LogP contribution in [0.1, 0.15) is 0 Å². The van der Waals surface area contributed by atoms with E-state index in [1.807, 2.05) is 9.44 Å². The Morgan fingerprint density at radius 1 is 0.542 bits per heavy atom. The second-order valence-electron chi connectivity index (χ2n) is 8.78. The van der Waals surface area contributed by atoms with Crippen LogP contribution in [0.15, 0.2) is 55.1 Å². The molecule has 0 saturated heterocycles. The van der Waals surface area contributed by atoms with Crippen molar-refractivity contribution in [1.29, 1.82) is 0 Å². The fourth-order valence-electron chi connectivity index (χ4n) is 3.56. The third kappa shape index (κ3) is 7.65. The van der Waals surface area contributed by atoms with E-state index >= 15 is 0 Å². The molecule has 4 rings (SSSR count). The Morgan fingerprint density at radius 3 is 1.10 bits per heavy atom. The van der Waals surface area contributed by atoms with Gasteiger partial charge in [-0.1, -0.05) is 0 Å². The van der Waals surface area contributed by atoms with Crippen molar-refractivity contribution < 1.29 is 71.6 Å². The number of rotatable bonds is 8. The molecule has 22 heteroatoms. The third-order valence-corrected chi connectivity index (χ3v) is 10.6. The van der Waals surface area contributed by atoms with Crippen molar-refractivity contribution >= 4 is 63.3 Å². The SMILES string of the molecule is COc1ccc(NS(=O)(=O)c2c(F)c(F)c(F)c(F)c2Br)cc1O.COc1ccc(NS(=O)(=O)c2c(F)c(F)c(F)c(F)c2Br)cc1O. The third-order valence-electron chi connectivity index (χ3n) is 5.74. The molecule has 0 fully saturated rings. The van der Waals surface area contributed by atoms with E-state index in [2.05, 4.69) is 31.9 Å². The molecule has 0 radical (unpaired) electrons. The zero-order valence-electron chi connectivity index (χ0n) is 23.4. The average molecular weight is 860 g/mol.